The molecular formula is C17H25ClIN5. The predicted molar refractivity (Wildman–Crippen MR) is 111 cm³/mol. The summed E-state index contributed by atoms with van der Waals surface area (Å²) in [5, 5.41) is 11.6. The topological polar surface area (TPSA) is 54.2 Å². The summed E-state index contributed by atoms with van der Waals surface area (Å²) in [6.07, 6.45) is 3.85. The average molecular weight is 462 g/mol. The van der Waals surface area contributed by atoms with Crippen LogP contribution in [-0.4, -0.2) is 28.8 Å². The van der Waals surface area contributed by atoms with E-state index in [2.05, 4.69) is 39.8 Å². The number of hydrogen-bond donors (Lipinski definition) is 2. The van der Waals surface area contributed by atoms with Crippen LogP contribution in [0.4, 0.5) is 0 Å². The van der Waals surface area contributed by atoms with Crippen molar-refractivity contribution in [3.63, 3.8) is 0 Å². The Kier molecular flexibility index (Phi) is 9.78. The van der Waals surface area contributed by atoms with E-state index < -0.39 is 0 Å². The summed E-state index contributed by atoms with van der Waals surface area (Å²) in [5.41, 5.74) is 2.39. The molecule has 0 aliphatic heterocycles. The highest BCUT2D eigenvalue weighted by atomic mass is 127. The normalized spacial score (nSPS) is 11.0. The molecule has 132 valence electrons. The van der Waals surface area contributed by atoms with Crippen molar-refractivity contribution in [3.05, 3.63) is 52.8 Å². The Bertz CT molecular complexity index is 624. The van der Waals surface area contributed by atoms with Crippen molar-refractivity contribution in [2.45, 2.75) is 26.3 Å². The number of benzene rings is 1. The second-order valence-electron chi connectivity index (χ2n) is 5.30. The van der Waals surface area contributed by atoms with Crippen molar-refractivity contribution in [1.82, 2.24) is 20.4 Å². The maximum atomic E-state index is 5.89. The number of rotatable bonds is 7. The highest BCUT2D eigenvalue weighted by Crippen LogP contribution is 2.10. The van der Waals surface area contributed by atoms with Crippen molar-refractivity contribution in [2.75, 3.05) is 13.1 Å². The number of nitrogens with zero attached hydrogens (tertiary/aromatic N) is 3. The summed E-state index contributed by atoms with van der Waals surface area (Å²) < 4.78 is 1.84. The number of aryl methyl sites for hydroxylation is 2. The summed E-state index contributed by atoms with van der Waals surface area (Å²) in [6.45, 7) is 4.40. The highest BCUT2D eigenvalue weighted by Gasteiger charge is 2.00. The second-order valence-corrected chi connectivity index (χ2v) is 5.73. The molecule has 0 bridgehead atoms. The Morgan fingerprint density at radius 1 is 1.21 bits per heavy atom. The van der Waals surface area contributed by atoms with Gasteiger partial charge < -0.3 is 10.6 Å². The van der Waals surface area contributed by atoms with Crippen LogP contribution in [0.5, 0.6) is 0 Å². The Morgan fingerprint density at radius 3 is 2.58 bits per heavy atom. The number of hydrogen-bond acceptors (Lipinski definition) is 2. The van der Waals surface area contributed by atoms with Gasteiger partial charge in [0.15, 0.2) is 5.96 Å². The third-order valence-corrected chi connectivity index (χ3v) is 3.77. The molecule has 0 radical (unpaired) electrons. The maximum absolute atomic E-state index is 5.89. The van der Waals surface area contributed by atoms with Crippen LogP contribution in [0.2, 0.25) is 5.02 Å². The zero-order chi connectivity index (χ0) is 16.5. The van der Waals surface area contributed by atoms with Crippen molar-refractivity contribution < 1.29 is 0 Å². The summed E-state index contributed by atoms with van der Waals surface area (Å²) in [5.74, 6) is 0.838. The van der Waals surface area contributed by atoms with E-state index in [1.165, 1.54) is 5.56 Å². The molecule has 0 spiro atoms. The van der Waals surface area contributed by atoms with Gasteiger partial charge in [-0.05, 0) is 43.5 Å². The zero-order valence-corrected chi connectivity index (χ0v) is 17.2. The standard InChI is InChI=1S/C17H24ClN5.HI/c1-3-19-17(21-13-16-10-12-22-23(16)2)20-11-4-5-14-6-8-15(18)9-7-14;/h6-10,12H,3-5,11,13H2,1-2H3,(H2,19,20,21);1H. The van der Waals surface area contributed by atoms with Gasteiger partial charge in [-0.2, -0.15) is 5.10 Å². The molecule has 0 unspecified atom stereocenters. The smallest absolute Gasteiger partial charge is 0.191 e. The Labute approximate surface area is 165 Å². The molecule has 24 heavy (non-hydrogen) atoms. The largest absolute Gasteiger partial charge is 0.357 e. The monoisotopic (exact) mass is 461 g/mol. The van der Waals surface area contributed by atoms with Gasteiger partial charge in [-0.1, -0.05) is 23.7 Å². The maximum Gasteiger partial charge on any atom is 0.191 e. The molecule has 0 amide bonds. The number of nitrogens with one attached hydrogen (secondary N) is 2. The Morgan fingerprint density at radius 2 is 1.96 bits per heavy atom. The van der Waals surface area contributed by atoms with Gasteiger partial charge in [-0.3, -0.25) is 4.68 Å². The van der Waals surface area contributed by atoms with E-state index in [0.717, 1.165) is 42.6 Å². The molecule has 0 aliphatic carbocycles. The number of halogens is 2. The second kappa shape index (κ2) is 11.3. The van der Waals surface area contributed by atoms with Crippen LogP contribution in [0.25, 0.3) is 0 Å². The molecule has 2 rings (SSSR count). The van der Waals surface area contributed by atoms with Crippen molar-refractivity contribution in [3.8, 4) is 0 Å². The van der Waals surface area contributed by atoms with Gasteiger partial charge in [0.25, 0.3) is 0 Å². The predicted octanol–water partition coefficient (Wildman–Crippen LogP) is 3.38. The molecule has 1 aromatic carbocycles. The quantitative estimate of drug-likeness (QED) is 0.288. The lowest BCUT2D eigenvalue weighted by atomic mass is 10.1. The highest BCUT2D eigenvalue weighted by molar-refractivity contribution is 14.0. The van der Waals surface area contributed by atoms with Gasteiger partial charge in [0, 0.05) is 31.4 Å². The zero-order valence-electron chi connectivity index (χ0n) is 14.1. The summed E-state index contributed by atoms with van der Waals surface area (Å²) in [6, 6.07) is 10.00. The van der Waals surface area contributed by atoms with E-state index in [4.69, 9.17) is 11.6 Å². The molecule has 2 aromatic rings. The molecular weight excluding hydrogens is 437 g/mol. The first-order valence-corrected chi connectivity index (χ1v) is 8.30. The fourth-order valence-corrected chi connectivity index (χ4v) is 2.33. The first-order valence-electron chi connectivity index (χ1n) is 7.92. The summed E-state index contributed by atoms with van der Waals surface area (Å²) in [4.78, 5) is 4.59. The van der Waals surface area contributed by atoms with Gasteiger partial charge in [-0.25, -0.2) is 4.99 Å². The van der Waals surface area contributed by atoms with Crippen LogP contribution in [-0.2, 0) is 20.0 Å². The lowest BCUT2D eigenvalue weighted by Gasteiger charge is -2.11. The molecule has 1 heterocycles. The lowest BCUT2D eigenvalue weighted by molar-refractivity contribution is 0.703. The number of guanidine groups is 1. The molecule has 7 heteroatoms. The molecule has 0 saturated heterocycles. The molecule has 0 atom stereocenters. The van der Waals surface area contributed by atoms with Gasteiger partial charge in [0.2, 0.25) is 0 Å². The number of aromatic nitrogens is 2. The minimum absolute atomic E-state index is 0. The van der Waals surface area contributed by atoms with Crippen LogP contribution in [0.3, 0.4) is 0 Å². The van der Waals surface area contributed by atoms with E-state index >= 15 is 0 Å². The van der Waals surface area contributed by atoms with Crippen LogP contribution in [0.15, 0.2) is 41.5 Å². The molecule has 5 nitrogen and oxygen atoms in total. The molecule has 0 saturated carbocycles. The minimum atomic E-state index is 0. The summed E-state index contributed by atoms with van der Waals surface area (Å²) in [7, 11) is 1.93. The average Bonchev–Trinajstić information content (AvgIpc) is 2.96. The first kappa shape index (κ1) is 20.8. The molecule has 2 N–H and O–H groups in total. The van der Waals surface area contributed by atoms with Gasteiger partial charge in [0.05, 0.1) is 12.2 Å². The third kappa shape index (κ3) is 7.09. The fraction of sp³-hybridized carbons (Fsp3) is 0.412. The summed E-state index contributed by atoms with van der Waals surface area (Å²) >= 11 is 5.89. The van der Waals surface area contributed by atoms with E-state index in [9.17, 15) is 0 Å². The van der Waals surface area contributed by atoms with Gasteiger partial charge in [0.1, 0.15) is 0 Å². The third-order valence-electron chi connectivity index (χ3n) is 3.51. The SMILES string of the molecule is CCNC(=NCc1ccnn1C)NCCCc1ccc(Cl)cc1.I. The lowest BCUT2D eigenvalue weighted by Crippen LogP contribution is -2.37. The van der Waals surface area contributed by atoms with Crippen LogP contribution in [0.1, 0.15) is 24.6 Å². The molecule has 1 aromatic heterocycles. The van der Waals surface area contributed by atoms with E-state index in [0.29, 0.717) is 6.54 Å². The van der Waals surface area contributed by atoms with Crippen LogP contribution >= 0.6 is 35.6 Å². The van der Waals surface area contributed by atoms with E-state index in [-0.39, 0.29) is 24.0 Å². The van der Waals surface area contributed by atoms with Crippen molar-refractivity contribution in [2.24, 2.45) is 12.0 Å². The van der Waals surface area contributed by atoms with E-state index in [1.807, 2.05) is 29.9 Å². The van der Waals surface area contributed by atoms with E-state index in [1.54, 1.807) is 6.20 Å². The Balaban J connectivity index is 0.00000288. The minimum Gasteiger partial charge on any atom is -0.357 e. The number of aliphatic imine (C=N–C) groups is 1. The van der Waals surface area contributed by atoms with Crippen LogP contribution < -0.4 is 10.6 Å². The van der Waals surface area contributed by atoms with Gasteiger partial charge in [-0.15, -0.1) is 24.0 Å². The first-order chi connectivity index (χ1) is 11.2. The molecule has 0 aliphatic rings. The Hall–Kier alpha value is -1.28. The molecule has 0 fully saturated rings. The van der Waals surface area contributed by atoms with Crippen molar-refractivity contribution >= 4 is 41.5 Å². The van der Waals surface area contributed by atoms with Crippen molar-refractivity contribution in [1.29, 1.82) is 0 Å². The van der Waals surface area contributed by atoms with Gasteiger partial charge >= 0.3 is 0 Å². The van der Waals surface area contributed by atoms with Crippen LogP contribution in [0, 0.1) is 0 Å². The fourth-order valence-electron chi connectivity index (χ4n) is 2.21.